The number of hydrogen-bond acceptors (Lipinski definition) is 3. The molecule has 0 aromatic heterocycles. The molecule has 0 spiro atoms. The highest BCUT2D eigenvalue weighted by molar-refractivity contribution is 9.10. The van der Waals surface area contributed by atoms with Crippen molar-refractivity contribution in [3.63, 3.8) is 0 Å². The molecule has 0 aliphatic rings. The van der Waals surface area contributed by atoms with E-state index in [0.29, 0.717) is 17.8 Å². The zero-order valence-electron chi connectivity index (χ0n) is 11.9. The van der Waals surface area contributed by atoms with Crippen LogP contribution in [0, 0.1) is 6.92 Å². The van der Waals surface area contributed by atoms with Gasteiger partial charge in [0.05, 0.1) is 0 Å². The van der Waals surface area contributed by atoms with Gasteiger partial charge in [0.15, 0.2) is 0 Å². The van der Waals surface area contributed by atoms with Gasteiger partial charge in [-0.2, -0.15) is 0 Å². The molecule has 4 nitrogen and oxygen atoms in total. The number of halogens is 1. The summed E-state index contributed by atoms with van der Waals surface area (Å²) in [7, 11) is 1.73. The fourth-order valence-corrected chi connectivity index (χ4v) is 2.60. The Kier molecular flexibility index (Phi) is 4.53. The van der Waals surface area contributed by atoms with Crippen LogP contribution in [0.4, 0.5) is 5.69 Å². The van der Waals surface area contributed by atoms with E-state index in [4.69, 9.17) is 5.73 Å². The molecule has 3 N–H and O–H groups in total. The number of nitrogens with zero attached hydrogens (tertiary/aromatic N) is 1. The third-order valence-corrected chi connectivity index (χ3v) is 3.78. The summed E-state index contributed by atoms with van der Waals surface area (Å²) in [5.41, 5.74) is 8.69. The van der Waals surface area contributed by atoms with Crippen molar-refractivity contribution < 1.29 is 9.90 Å². The number of phenols is 1. The van der Waals surface area contributed by atoms with E-state index in [1.807, 2.05) is 13.0 Å². The van der Waals surface area contributed by atoms with Crippen molar-refractivity contribution in [2.24, 2.45) is 0 Å². The summed E-state index contributed by atoms with van der Waals surface area (Å²) in [6.45, 7) is 2.25. The SMILES string of the molecule is Cc1c(N)cc(Br)cc1C(=O)N(C)Cc1cccc(O)c1. The molecule has 2 aromatic carbocycles. The molecule has 5 heteroatoms. The van der Waals surface area contributed by atoms with E-state index in [-0.39, 0.29) is 11.7 Å². The maximum absolute atomic E-state index is 12.5. The van der Waals surface area contributed by atoms with Gasteiger partial charge in [-0.3, -0.25) is 4.79 Å². The summed E-state index contributed by atoms with van der Waals surface area (Å²) in [4.78, 5) is 14.1. The molecular weight excluding hydrogens is 332 g/mol. The second-order valence-corrected chi connectivity index (χ2v) is 5.91. The van der Waals surface area contributed by atoms with Gasteiger partial charge in [0, 0.05) is 29.3 Å². The van der Waals surface area contributed by atoms with E-state index in [1.165, 1.54) is 0 Å². The van der Waals surface area contributed by atoms with Crippen LogP contribution >= 0.6 is 15.9 Å². The summed E-state index contributed by atoms with van der Waals surface area (Å²) < 4.78 is 0.778. The Balaban J connectivity index is 2.24. The molecule has 110 valence electrons. The van der Waals surface area contributed by atoms with Gasteiger partial charge in [0.25, 0.3) is 5.91 Å². The summed E-state index contributed by atoms with van der Waals surface area (Å²) in [6.07, 6.45) is 0. The number of amides is 1. The smallest absolute Gasteiger partial charge is 0.254 e. The number of phenolic OH excluding ortho intramolecular Hbond substituents is 1. The second-order valence-electron chi connectivity index (χ2n) is 5.00. The molecule has 0 unspecified atom stereocenters. The molecule has 2 aromatic rings. The number of nitrogen functional groups attached to an aromatic ring is 1. The molecule has 0 radical (unpaired) electrons. The topological polar surface area (TPSA) is 66.6 Å². The Bertz CT molecular complexity index is 686. The first-order valence-electron chi connectivity index (χ1n) is 6.47. The molecule has 0 heterocycles. The molecule has 21 heavy (non-hydrogen) atoms. The number of anilines is 1. The number of nitrogens with two attached hydrogens (primary N) is 1. The highest BCUT2D eigenvalue weighted by Crippen LogP contribution is 2.24. The average molecular weight is 349 g/mol. The highest BCUT2D eigenvalue weighted by atomic mass is 79.9. The second kappa shape index (κ2) is 6.18. The van der Waals surface area contributed by atoms with Gasteiger partial charge in [0.1, 0.15) is 5.75 Å². The molecule has 0 aliphatic carbocycles. The van der Waals surface area contributed by atoms with Gasteiger partial charge in [-0.1, -0.05) is 28.1 Å². The van der Waals surface area contributed by atoms with E-state index >= 15 is 0 Å². The standard InChI is InChI=1S/C16H17BrN2O2/c1-10-14(7-12(17)8-15(10)18)16(21)19(2)9-11-4-3-5-13(20)6-11/h3-8,20H,9,18H2,1-2H3. The number of rotatable bonds is 3. The van der Waals surface area contributed by atoms with Crippen molar-refractivity contribution in [1.29, 1.82) is 0 Å². The van der Waals surface area contributed by atoms with Gasteiger partial charge in [-0.05, 0) is 42.3 Å². The van der Waals surface area contributed by atoms with Crippen molar-refractivity contribution in [2.45, 2.75) is 13.5 Å². The normalized spacial score (nSPS) is 10.4. The van der Waals surface area contributed by atoms with Crippen LogP contribution in [0.5, 0.6) is 5.75 Å². The lowest BCUT2D eigenvalue weighted by molar-refractivity contribution is 0.0784. The molecular formula is C16H17BrN2O2. The Morgan fingerprint density at radius 3 is 2.71 bits per heavy atom. The molecule has 0 bridgehead atoms. The predicted molar refractivity (Wildman–Crippen MR) is 87.2 cm³/mol. The minimum atomic E-state index is -0.108. The fourth-order valence-electron chi connectivity index (χ4n) is 2.13. The number of aromatic hydroxyl groups is 1. The van der Waals surface area contributed by atoms with Crippen LogP contribution in [0.15, 0.2) is 40.9 Å². The first-order chi connectivity index (χ1) is 9.88. The first-order valence-corrected chi connectivity index (χ1v) is 7.27. The van der Waals surface area contributed by atoms with E-state index in [1.54, 1.807) is 42.3 Å². The van der Waals surface area contributed by atoms with Crippen LogP contribution in [-0.4, -0.2) is 23.0 Å². The largest absolute Gasteiger partial charge is 0.508 e. The fraction of sp³-hybridized carbons (Fsp3) is 0.188. The minimum Gasteiger partial charge on any atom is -0.508 e. The zero-order valence-corrected chi connectivity index (χ0v) is 13.5. The Labute approximate surface area is 132 Å². The van der Waals surface area contributed by atoms with Crippen LogP contribution in [0.2, 0.25) is 0 Å². The lowest BCUT2D eigenvalue weighted by Gasteiger charge is -2.19. The molecule has 1 amide bonds. The van der Waals surface area contributed by atoms with Crippen molar-refractivity contribution in [3.05, 3.63) is 57.6 Å². The van der Waals surface area contributed by atoms with Crippen molar-refractivity contribution in [1.82, 2.24) is 4.90 Å². The molecule has 0 saturated carbocycles. The number of benzene rings is 2. The predicted octanol–water partition coefficient (Wildman–Crippen LogP) is 3.32. The third-order valence-electron chi connectivity index (χ3n) is 3.32. The van der Waals surface area contributed by atoms with E-state index in [2.05, 4.69) is 15.9 Å². The number of carbonyl (C=O) groups is 1. The van der Waals surface area contributed by atoms with E-state index in [0.717, 1.165) is 15.6 Å². The molecule has 0 aliphatic heterocycles. The van der Waals surface area contributed by atoms with Gasteiger partial charge in [0.2, 0.25) is 0 Å². The molecule has 0 fully saturated rings. The van der Waals surface area contributed by atoms with Crippen LogP contribution < -0.4 is 5.73 Å². The van der Waals surface area contributed by atoms with Gasteiger partial charge >= 0.3 is 0 Å². The summed E-state index contributed by atoms with van der Waals surface area (Å²) in [6, 6.07) is 10.4. The van der Waals surface area contributed by atoms with Crippen molar-refractivity contribution in [2.75, 3.05) is 12.8 Å². The Hall–Kier alpha value is -2.01. The maximum Gasteiger partial charge on any atom is 0.254 e. The lowest BCUT2D eigenvalue weighted by Crippen LogP contribution is -2.27. The third kappa shape index (κ3) is 3.55. The Morgan fingerprint density at radius 2 is 2.05 bits per heavy atom. The highest BCUT2D eigenvalue weighted by Gasteiger charge is 2.16. The monoisotopic (exact) mass is 348 g/mol. The lowest BCUT2D eigenvalue weighted by atomic mass is 10.1. The van der Waals surface area contributed by atoms with E-state index in [9.17, 15) is 9.90 Å². The maximum atomic E-state index is 12.5. The summed E-state index contributed by atoms with van der Waals surface area (Å²) in [5, 5.41) is 9.47. The average Bonchev–Trinajstić information content (AvgIpc) is 2.42. The van der Waals surface area contributed by atoms with Crippen LogP contribution in [0.1, 0.15) is 21.5 Å². The molecule has 0 saturated heterocycles. The quantitative estimate of drug-likeness (QED) is 0.836. The van der Waals surface area contributed by atoms with Gasteiger partial charge < -0.3 is 15.7 Å². The zero-order chi connectivity index (χ0) is 15.6. The number of carbonyl (C=O) groups excluding carboxylic acids is 1. The van der Waals surface area contributed by atoms with Crippen molar-refractivity contribution >= 4 is 27.5 Å². The summed E-state index contributed by atoms with van der Waals surface area (Å²) >= 11 is 3.36. The van der Waals surface area contributed by atoms with Crippen LogP contribution in [-0.2, 0) is 6.54 Å². The number of hydrogen-bond donors (Lipinski definition) is 2. The van der Waals surface area contributed by atoms with Crippen molar-refractivity contribution in [3.8, 4) is 5.75 Å². The Morgan fingerprint density at radius 1 is 1.33 bits per heavy atom. The minimum absolute atomic E-state index is 0.108. The summed E-state index contributed by atoms with van der Waals surface area (Å²) in [5.74, 6) is 0.0834. The van der Waals surface area contributed by atoms with Crippen LogP contribution in [0.25, 0.3) is 0 Å². The molecule has 0 atom stereocenters. The van der Waals surface area contributed by atoms with E-state index < -0.39 is 0 Å². The van der Waals surface area contributed by atoms with Gasteiger partial charge in [-0.25, -0.2) is 0 Å². The van der Waals surface area contributed by atoms with Gasteiger partial charge in [-0.15, -0.1) is 0 Å². The molecule has 2 rings (SSSR count). The van der Waals surface area contributed by atoms with Crippen LogP contribution in [0.3, 0.4) is 0 Å². The first kappa shape index (κ1) is 15.4.